The number of aromatic nitrogens is 2. The van der Waals surface area contributed by atoms with Crippen LogP contribution in [-0.4, -0.2) is 9.97 Å². The zero-order valence-corrected chi connectivity index (χ0v) is 12.0. The number of H-pyrrole nitrogens is 1. The third-order valence-electron chi connectivity index (χ3n) is 2.80. The van der Waals surface area contributed by atoms with Gasteiger partial charge in [-0.3, -0.25) is 4.79 Å². The van der Waals surface area contributed by atoms with Gasteiger partial charge in [0.2, 0.25) is 0 Å². The second kappa shape index (κ2) is 5.06. The van der Waals surface area contributed by atoms with Crippen LogP contribution < -0.4 is 5.56 Å². The van der Waals surface area contributed by atoms with E-state index in [1.165, 1.54) is 4.88 Å². The van der Waals surface area contributed by atoms with Crippen LogP contribution in [0.4, 0.5) is 0 Å². The van der Waals surface area contributed by atoms with Gasteiger partial charge < -0.3 is 4.98 Å². The minimum Gasteiger partial charge on any atom is -0.329 e. The van der Waals surface area contributed by atoms with Crippen molar-refractivity contribution < 1.29 is 0 Å². The summed E-state index contributed by atoms with van der Waals surface area (Å²) in [6.07, 6.45) is 1.64. The maximum Gasteiger partial charge on any atom is 0.258 e. The summed E-state index contributed by atoms with van der Waals surface area (Å²) >= 11 is 1.63. The van der Waals surface area contributed by atoms with E-state index in [1.807, 2.05) is 12.1 Å². The second-order valence-corrected chi connectivity index (χ2v) is 6.02. The van der Waals surface area contributed by atoms with E-state index in [1.54, 1.807) is 17.5 Å². The number of hydrogen-bond acceptors (Lipinski definition) is 3. The SMILES string of the molecule is CC(C)c1nc(-c2ccc[nH]c2=O)sc1C(C)C. The van der Waals surface area contributed by atoms with E-state index < -0.39 is 0 Å². The Morgan fingerprint density at radius 1 is 1.22 bits per heavy atom. The Morgan fingerprint density at radius 2 is 1.94 bits per heavy atom. The summed E-state index contributed by atoms with van der Waals surface area (Å²) in [5.74, 6) is 0.826. The molecule has 18 heavy (non-hydrogen) atoms. The van der Waals surface area contributed by atoms with Gasteiger partial charge in [0, 0.05) is 11.1 Å². The molecule has 0 spiro atoms. The van der Waals surface area contributed by atoms with Gasteiger partial charge in [-0.05, 0) is 24.0 Å². The van der Waals surface area contributed by atoms with E-state index >= 15 is 0 Å². The van der Waals surface area contributed by atoms with Crippen LogP contribution in [0.15, 0.2) is 23.1 Å². The summed E-state index contributed by atoms with van der Waals surface area (Å²) in [6.45, 7) is 8.61. The van der Waals surface area contributed by atoms with Gasteiger partial charge in [0.1, 0.15) is 5.01 Å². The Morgan fingerprint density at radius 3 is 2.44 bits per heavy atom. The number of aromatic amines is 1. The topological polar surface area (TPSA) is 45.8 Å². The van der Waals surface area contributed by atoms with Crippen molar-refractivity contribution in [2.24, 2.45) is 0 Å². The second-order valence-electron chi connectivity index (χ2n) is 4.99. The van der Waals surface area contributed by atoms with Crippen molar-refractivity contribution in [3.8, 4) is 10.6 Å². The third kappa shape index (κ3) is 2.38. The molecule has 2 heterocycles. The molecule has 0 amide bonds. The van der Waals surface area contributed by atoms with Crippen molar-refractivity contribution in [3.05, 3.63) is 39.3 Å². The lowest BCUT2D eigenvalue weighted by Gasteiger charge is -2.07. The molecule has 0 radical (unpaired) electrons. The van der Waals surface area contributed by atoms with Gasteiger partial charge in [0.25, 0.3) is 5.56 Å². The van der Waals surface area contributed by atoms with Crippen molar-refractivity contribution in [2.45, 2.75) is 39.5 Å². The van der Waals surface area contributed by atoms with Gasteiger partial charge >= 0.3 is 0 Å². The van der Waals surface area contributed by atoms with E-state index in [9.17, 15) is 4.79 Å². The molecule has 0 unspecified atom stereocenters. The predicted molar refractivity (Wildman–Crippen MR) is 76.3 cm³/mol. The molecular formula is C14H18N2OS. The highest BCUT2D eigenvalue weighted by Crippen LogP contribution is 2.34. The van der Waals surface area contributed by atoms with Gasteiger partial charge in [-0.15, -0.1) is 11.3 Å². The predicted octanol–water partition coefficient (Wildman–Crippen LogP) is 3.75. The van der Waals surface area contributed by atoms with Crippen LogP contribution in [0.1, 0.15) is 50.1 Å². The lowest BCUT2D eigenvalue weighted by Crippen LogP contribution is -2.06. The number of thiazole rings is 1. The molecule has 0 aliphatic rings. The molecule has 0 fully saturated rings. The summed E-state index contributed by atoms with van der Waals surface area (Å²) in [7, 11) is 0. The van der Waals surface area contributed by atoms with Gasteiger partial charge in [-0.2, -0.15) is 0 Å². The lowest BCUT2D eigenvalue weighted by molar-refractivity contribution is 0.781. The van der Waals surface area contributed by atoms with E-state index in [-0.39, 0.29) is 5.56 Å². The van der Waals surface area contributed by atoms with E-state index in [0.29, 0.717) is 17.4 Å². The van der Waals surface area contributed by atoms with Crippen molar-refractivity contribution in [2.75, 3.05) is 0 Å². The zero-order chi connectivity index (χ0) is 13.3. The van der Waals surface area contributed by atoms with Crippen LogP contribution in [0.5, 0.6) is 0 Å². The molecule has 0 atom stereocenters. The molecule has 0 aliphatic carbocycles. The summed E-state index contributed by atoms with van der Waals surface area (Å²) in [5.41, 5.74) is 1.71. The van der Waals surface area contributed by atoms with Crippen LogP contribution in [0.2, 0.25) is 0 Å². The molecule has 0 saturated carbocycles. The molecule has 0 aliphatic heterocycles. The molecule has 2 aromatic heterocycles. The maximum atomic E-state index is 11.8. The monoisotopic (exact) mass is 262 g/mol. The molecule has 3 nitrogen and oxygen atoms in total. The fourth-order valence-corrected chi connectivity index (χ4v) is 3.12. The first-order chi connectivity index (χ1) is 8.50. The first-order valence-corrected chi connectivity index (χ1v) is 7.01. The van der Waals surface area contributed by atoms with Gasteiger partial charge in [0.05, 0.1) is 11.3 Å². The summed E-state index contributed by atoms with van der Waals surface area (Å²) in [6, 6.07) is 3.66. The minimum absolute atomic E-state index is 0.0723. The third-order valence-corrected chi connectivity index (χ3v) is 4.21. The number of rotatable bonds is 3. The smallest absolute Gasteiger partial charge is 0.258 e. The highest BCUT2D eigenvalue weighted by Gasteiger charge is 2.18. The highest BCUT2D eigenvalue weighted by molar-refractivity contribution is 7.15. The molecule has 96 valence electrons. The van der Waals surface area contributed by atoms with Crippen molar-refractivity contribution in [3.63, 3.8) is 0 Å². The molecule has 0 bridgehead atoms. The Bertz CT molecular complexity index is 570. The van der Waals surface area contributed by atoms with E-state index in [2.05, 4.69) is 37.7 Å². The average Bonchev–Trinajstić information content (AvgIpc) is 2.74. The largest absolute Gasteiger partial charge is 0.329 e. The first-order valence-electron chi connectivity index (χ1n) is 6.19. The van der Waals surface area contributed by atoms with Gasteiger partial charge in [0.15, 0.2) is 0 Å². The van der Waals surface area contributed by atoms with E-state index in [0.717, 1.165) is 10.7 Å². The van der Waals surface area contributed by atoms with E-state index in [4.69, 9.17) is 0 Å². The van der Waals surface area contributed by atoms with Crippen LogP contribution in [0, 0.1) is 0 Å². The van der Waals surface area contributed by atoms with Crippen molar-refractivity contribution in [1.29, 1.82) is 0 Å². The fraction of sp³-hybridized carbons (Fsp3) is 0.429. The normalized spacial score (nSPS) is 11.4. The molecule has 0 aromatic carbocycles. The molecular weight excluding hydrogens is 244 g/mol. The van der Waals surface area contributed by atoms with Crippen molar-refractivity contribution >= 4 is 11.3 Å². The van der Waals surface area contributed by atoms with Crippen LogP contribution in [0.25, 0.3) is 10.6 Å². The average molecular weight is 262 g/mol. The lowest BCUT2D eigenvalue weighted by atomic mass is 10.0. The van der Waals surface area contributed by atoms with Crippen molar-refractivity contribution in [1.82, 2.24) is 9.97 Å². The summed E-state index contributed by atoms with van der Waals surface area (Å²) in [5, 5.41) is 0.823. The van der Waals surface area contributed by atoms with Gasteiger partial charge in [-0.1, -0.05) is 27.7 Å². The molecule has 0 saturated heterocycles. The zero-order valence-electron chi connectivity index (χ0n) is 11.2. The Balaban J connectivity index is 2.57. The molecule has 4 heteroatoms. The van der Waals surface area contributed by atoms with Crippen LogP contribution in [-0.2, 0) is 0 Å². The first kappa shape index (κ1) is 13.0. The van der Waals surface area contributed by atoms with Crippen LogP contribution in [0.3, 0.4) is 0 Å². The Hall–Kier alpha value is -1.42. The molecule has 2 rings (SSSR count). The number of hydrogen-bond donors (Lipinski definition) is 1. The van der Waals surface area contributed by atoms with Gasteiger partial charge in [-0.25, -0.2) is 4.98 Å². The summed E-state index contributed by atoms with van der Waals surface area (Å²) < 4.78 is 0. The summed E-state index contributed by atoms with van der Waals surface area (Å²) in [4.78, 5) is 20.4. The maximum absolute atomic E-state index is 11.8. The molecule has 2 aromatic rings. The minimum atomic E-state index is -0.0723. The Kier molecular flexibility index (Phi) is 3.66. The Labute approximate surface area is 111 Å². The number of pyridine rings is 1. The standard InChI is InChI=1S/C14H18N2OS/c1-8(2)11-12(9(3)4)18-14(16-11)10-6-5-7-15-13(10)17/h5-9H,1-4H3,(H,15,17). The number of nitrogens with one attached hydrogen (secondary N) is 1. The molecule has 1 N–H and O–H groups in total. The fourth-order valence-electron chi connectivity index (χ4n) is 1.88. The number of nitrogens with zero attached hydrogens (tertiary/aromatic N) is 1. The highest BCUT2D eigenvalue weighted by atomic mass is 32.1. The van der Waals surface area contributed by atoms with Crippen LogP contribution >= 0.6 is 11.3 Å². The quantitative estimate of drug-likeness (QED) is 0.915.